The Hall–Kier alpha value is -1.36. The maximum absolute atomic E-state index is 12.7. The molecule has 0 bridgehead atoms. The number of amides is 2. The van der Waals surface area contributed by atoms with Crippen molar-refractivity contribution in [3.05, 3.63) is 22.4 Å². The highest BCUT2D eigenvalue weighted by molar-refractivity contribution is 7.10. The Bertz CT molecular complexity index is 510. The van der Waals surface area contributed by atoms with Gasteiger partial charge in [-0.3, -0.25) is 9.59 Å². The van der Waals surface area contributed by atoms with Gasteiger partial charge in [0.25, 0.3) is 0 Å². The quantitative estimate of drug-likeness (QED) is 0.918. The monoisotopic (exact) mass is 278 g/mol. The predicted octanol–water partition coefficient (Wildman–Crippen LogP) is 1.94. The maximum atomic E-state index is 12.7. The molecule has 0 spiro atoms. The second-order valence-electron chi connectivity index (χ2n) is 5.65. The van der Waals surface area contributed by atoms with Crippen molar-refractivity contribution >= 4 is 23.2 Å². The molecule has 5 heteroatoms. The maximum Gasteiger partial charge on any atom is 0.249 e. The average molecular weight is 278 g/mol. The summed E-state index contributed by atoms with van der Waals surface area (Å²) in [6.07, 6.45) is 2.06. The lowest BCUT2D eigenvalue weighted by atomic mass is 9.90. The van der Waals surface area contributed by atoms with Crippen LogP contribution in [0.4, 0.5) is 0 Å². The first-order chi connectivity index (χ1) is 9.02. The van der Waals surface area contributed by atoms with Crippen LogP contribution in [0.2, 0.25) is 0 Å². The minimum Gasteiger partial charge on any atom is -0.340 e. The molecule has 2 atom stereocenters. The summed E-state index contributed by atoms with van der Waals surface area (Å²) in [7, 11) is 0. The van der Waals surface area contributed by atoms with Gasteiger partial charge in [-0.1, -0.05) is 6.07 Å². The van der Waals surface area contributed by atoms with Gasteiger partial charge in [-0.2, -0.15) is 0 Å². The Morgan fingerprint density at radius 1 is 1.47 bits per heavy atom. The van der Waals surface area contributed by atoms with E-state index in [1.54, 1.807) is 16.2 Å². The van der Waals surface area contributed by atoms with E-state index < -0.39 is 5.54 Å². The second kappa shape index (κ2) is 4.34. The van der Waals surface area contributed by atoms with Crippen molar-refractivity contribution in [3.8, 4) is 0 Å². The van der Waals surface area contributed by atoms with Crippen LogP contribution in [0.5, 0.6) is 0 Å². The molecule has 4 nitrogen and oxygen atoms in total. The van der Waals surface area contributed by atoms with Gasteiger partial charge in [-0.05, 0) is 44.1 Å². The zero-order valence-electron chi connectivity index (χ0n) is 11.2. The van der Waals surface area contributed by atoms with Gasteiger partial charge < -0.3 is 10.2 Å². The molecule has 0 radical (unpaired) electrons. The average Bonchev–Trinajstić information content (AvgIpc) is 3.10. The van der Waals surface area contributed by atoms with Crippen molar-refractivity contribution in [1.29, 1.82) is 0 Å². The molecule has 19 heavy (non-hydrogen) atoms. The Morgan fingerprint density at radius 2 is 2.21 bits per heavy atom. The van der Waals surface area contributed by atoms with Crippen molar-refractivity contribution < 1.29 is 9.59 Å². The van der Waals surface area contributed by atoms with Crippen LogP contribution in [-0.2, 0) is 9.59 Å². The molecule has 2 heterocycles. The van der Waals surface area contributed by atoms with Crippen molar-refractivity contribution in [3.63, 3.8) is 0 Å². The second-order valence-corrected chi connectivity index (χ2v) is 6.63. The third-order valence-corrected chi connectivity index (χ3v) is 5.28. The number of piperazine rings is 1. The van der Waals surface area contributed by atoms with Gasteiger partial charge in [0.1, 0.15) is 12.1 Å². The third-order valence-electron chi connectivity index (χ3n) is 4.23. The first-order valence-electron chi connectivity index (χ1n) is 6.68. The molecule has 0 aromatic carbocycles. The molecule has 1 N–H and O–H groups in total. The molecular weight excluding hydrogens is 260 g/mol. The Balaban J connectivity index is 1.88. The molecule has 1 aromatic heterocycles. The molecule has 2 unspecified atom stereocenters. The standard InChI is InChI=1S/C14H18N2O2S/c1-9(11-4-3-7-19-11)16-8-12(17)15-14(2,13(16)18)10-5-6-10/h3-4,7,9-10H,5-6,8H2,1-2H3,(H,15,17). The van der Waals surface area contributed by atoms with Gasteiger partial charge in [-0.15, -0.1) is 11.3 Å². The van der Waals surface area contributed by atoms with E-state index in [1.807, 2.05) is 31.4 Å². The van der Waals surface area contributed by atoms with Crippen molar-refractivity contribution in [1.82, 2.24) is 10.2 Å². The lowest BCUT2D eigenvalue weighted by Gasteiger charge is -2.42. The molecule has 2 amide bonds. The molecule has 3 rings (SSSR count). The summed E-state index contributed by atoms with van der Waals surface area (Å²) < 4.78 is 0. The van der Waals surface area contributed by atoms with Gasteiger partial charge in [0.15, 0.2) is 0 Å². The van der Waals surface area contributed by atoms with Crippen molar-refractivity contribution in [2.45, 2.75) is 38.3 Å². The molecule has 102 valence electrons. The number of carbonyl (C=O) groups is 2. The van der Waals surface area contributed by atoms with E-state index in [9.17, 15) is 9.59 Å². The minimum absolute atomic E-state index is 0.0309. The van der Waals surface area contributed by atoms with E-state index in [2.05, 4.69) is 5.32 Å². The van der Waals surface area contributed by atoms with E-state index in [0.717, 1.165) is 17.7 Å². The van der Waals surface area contributed by atoms with Crippen molar-refractivity contribution in [2.75, 3.05) is 6.54 Å². The fourth-order valence-corrected chi connectivity index (χ4v) is 3.64. The number of thiophene rings is 1. The number of hydrogen-bond donors (Lipinski definition) is 1. The zero-order valence-corrected chi connectivity index (χ0v) is 12.0. The highest BCUT2D eigenvalue weighted by Crippen LogP contribution is 2.42. The van der Waals surface area contributed by atoms with E-state index in [-0.39, 0.29) is 24.4 Å². The van der Waals surface area contributed by atoms with Gasteiger partial charge in [0.2, 0.25) is 11.8 Å². The lowest BCUT2D eigenvalue weighted by molar-refractivity contribution is -0.152. The summed E-state index contributed by atoms with van der Waals surface area (Å²) >= 11 is 1.63. The van der Waals surface area contributed by atoms with E-state index in [0.29, 0.717) is 5.92 Å². The zero-order chi connectivity index (χ0) is 13.6. The summed E-state index contributed by atoms with van der Waals surface area (Å²) in [5, 5.41) is 4.91. The smallest absolute Gasteiger partial charge is 0.249 e. The summed E-state index contributed by atoms with van der Waals surface area (Å²) in [6.45, 7) is 4.04. The third kappa shape index (κ3) is 2.06. The van der Waals surface area contributed by atoms with Crippen LogP contribution < -0.4 is 5.32 Å². The van der Waals surface area contributed by atoms with Crippen LogP contribution in [0.1, 0.15) is 37.6 Å². The predicted molar refractivity (Wildman–Crippen MR) is 73.7 cm³/mol. The largest absolute Gasteiger partial charge is 0.340 e. The molecule has 1 saturated heterocycles. The van der Waals surface area contributed by atoms with Crippen LogP contribution in [-0.4, -0.2) is 28.8 Å². The van der Waals surface area contributed by atoms with Crippen LogP contribution in [0, 0.1) is 5.92 Å². The molecule has 1 aromatic rings. The SMILES string of the molecule is CC(c1cccs1)N1CC(=O)NC(C)(C2CC2)C1=O. The molecule has 2 fully saturated rings. The highest BCUT2D eigenvalue weighted by Gasteiger charge is 2.53. The molecular formula is C14H18N2O2S. The lowest BCUT2D eigenvalue weighted by Crippen LogP contribution is -2.66. The van der Waals surface area contributed by atoms with Gasteiger partial charge in [-0.25, -0.2) is 0 Å². The Morgan fingerprint density at radius 3 is 2.79 bits per heavy atom. The fourth-order valence-electron chi connectivity index (χ4n) is 2.84. The Kier molecular flexibility index (Phi) is 2.89. The van der Waals surface area contributed by atoms with Gasteiger partial charge in [0.05, 0.1) is 6.04 Å². The summed E-state index contributed by atoms with van der Waals surface area (Å²) in [6, 6.07) is 3.96. The van der Waals surface area contributed by atoms with Crippen LogP contribution in [0.15, 0.2) is 17.5 Å². The van der Waals surface area contributed by atoms with E-state index >= 15 is 0 Å². The molecule has 2 aliphatic rings. The fraction of sp³-hybridized carbons (Fsp3) is 0.571. The van der Waals surface area contributed by atoms with Crippen molar-refractivity contribution in [2.24, 2.45) is 5.92 Å². The normalized spacial score (nSPS) is 29.3. The van der Waals surface area contributed by atoms with E-state index in [1.165, 1.54) is 0 Å². The van der Waals surface area contributed by atoms with Crippen LogP contribution in [0.25, 0.3) is 0 Å². The highest BCUT2D eigenvalue weighted by atomic mass is 32.1. The number of nitrogens with zero attached hydrogens (tertiary/aromatic N) is 1. The Labute approximate surface area is 116 Å². The van der Waals surface area contributed by atoms with Crippen LogP contribution in [0.3, 0.4) is 0 Å². The topological polar surface area (TPSA) is 49.4 Å². The number of nitrogens with one attached hydrogen (secondary N) is 1. The number of carbonyl (C=O) groups excluding carboxylic acids is 2. The van der Waals surface area contributed by atoms with Gasteiger partial charge in [0, 0.05) is 4.88 Å². The number of rotatable bonds is 3. The molecule has 1 saturated carbocycles. The van der Waals surface area contributed by atoms with Gasteiger partial charge >= 0.3 is 0 Å². The summed E-state index contributed by atoms with van der Waals surface area (Å²) in [5.41, 5.74) is -0.694. The first-order valence-corrected chi connectivity index (χ1v) is 7.56. The van der Waals surface area contributed by atoms with E-state index in [4.69, 9.17) is 0 Å². The number of hydrogen-bond acceptors (Lipinski definition) is 3. The first kappa shape index (κ1) is 12.7. The summed E-state index contributed by atoms with van der Waals surface area (Å²) in [5.74, 6) is 0.329. The molecule has 1 aliphatic heterocycles. The molecule has 1 aliphatic carbocycles. The minimum atomic E-state index is -0.694. The summed E-state index contributed by atoms with van der Waals surface area (Å²) in [4.78, 5) is 27.5. The van der Waals surface area contributed by atoms with Crippen LogP contribution >= 0.6 is 11.3 Å².